The zero-order chi connectivity index (χ0) is 36.1. The van der Waals surface area contributed by atoms with E-state index in [1.165, 1.54) is 35.1 Å². The van der Waals surface area contributed by atoms with Gasteiger partial charge in [-0.15, -0.1) is 0 Å². The number of carboxylic acids is 1. The van der Waals surface area contributed by atoms with Crippen LogP contribution in [0.4, 0.5) is 0 Å². The van der Waals surface area contributed by atoms with Gasteiger partial charge >= 0.3 is 11.9 Å². The third kappa shape index (κ3) is 7.45. The van der Waals surface area contributed by atoms with Crippen molar-refractivity contribution in [3.8, 4) is 17.2 Å². The van der Waals surface area contributed by atoms with Crippen LogP contribution in [0.2, 0.25) is 5.02 Å². The van der Waals surface area contributed by atoms with Crippen molar-refractivity contribution in [1.29, 1.82) is 0 Å². The number of rotatable bonds is 12. The number of carboxylic acid groups (broad SMARTS) is 1. The lowest BCUT2D eigenvalue weighted by molar-refractivity contribution is -0.138. The number of fused-ring (bicyclic) bond motifs is 1. The molecule has 2 heterocycles. The highest BCUT2D eigenvalue weighted by molar-refractivity contribution is 7.07. The number of aromatic nitrogens is 1. The Morgan fingerprint density at radius 3 is 2.41 bits per heavy atom. The number of methoxy groups -OCH3 is 1. The van der Waals surface area contributed by atoms with E-state index in [1.807, 2.05) is 49.4 Å². The average Bonchev–Trinajstić information content (AvgIpc) is 3.45. The number of hydrogen-bond acceptors (Lipinski definition) is 9. The lowest BCUT2D eigenvalue weighted by atomic mass is 9.93. The number of ether oxygens (including phenoxy) is 4. The molecule has 6 rings (SSSR count). The highest BCUT2D eigenvalue weighted by atomic mass is 35.5. The van der Waals surface area contributed by atoms with Crippen LogP contribution in [0.5, 0.6) is 17.2 Å². The Morgan fingerprint density at radius 1 is 0.961 bits per heavy atom. The second kappa shape index (κ2) is 15.5. The molecule has 1 N–H and O–H groups in total. The molecule has 1 aliphatic rings. The normalized spacial score (nSPS) is 14.0. The van der Waals surface area contributed by atoms with Gasteiger partial charge in [-0.1, -0.05) is 77.5 Å². The lowest BCUT2D eigenvalue weighted by Gasteiger charge is -2.26. The number of carbonyl (C=O) groups is 2. The number of thiazole rings is 1. The number of halogens is 1. The van der Waals surface area contributed by atoms with Crippen molar-refractivity contribution in [2.75, 3.05) is 20.3 Å². The average molecular weight is 725 g/mol. The molecule has 12 heteroatoms. The summed E-state index contributed by atoms with van der Waals surface area (Å²) in [5, 5.41) is 9.56. The maximum absolute atomic E-state index is 14.3. The Kier molecular flexibility index (Phi) is 10.7. The molecule has 0 amide bonds. The van der Waals surface area contributed by atoms with Crippen molar-refractivity contribution >= 4 is 46.6 Å². The summed E-state index contributed by atoms with van der Waals surface area (Å²) >= 11 is 7.87. The fraction of sp³-hybridized carbons (Fsp3) is 0.179. The van der Waals surface area contributed by atoms with Crippen LogP contribution in [-0.4, -0.2) is 41.9 Å². The van der Waals surface area contributed by atoms with Crippen LogP contribution in [0.3, 0.4) is 0 Å². The minimum atomic E-state index is -1.04. The van der Waals surface area contributed by atoms with E-state index in [0.717, 1.165) is 0 Å². The van der Waals surface area contributed by atoms with Crippen molar-refractivity contribution in [3.05, 3.63) is 149 Å². The molecular formula is C39H33ClN2O8S. The van der Waals surface area contributed by atoms with Gasteiger partial charge in [-0.05, 0) is 73.0 Å². The van der Waals surface area contributed by atoms with Crippen molar-refractivity contribution in [2.45, 2.75) is 26.5 Å². The van der Waals surface area contributed by atoms with Gasteiger partial charge in [0.25, 0.3) is 5.56 Å². The number of nitrogens with zero attached hydrogens (tertiary/aromatic N) is 2. The lowest BCUT2D eigenvalue weighted by Crippen LogP contribution is -2.40. The standard InChI is InChI=1S/C39H33ClN2O8S/c1-4-48-28-16-14-26(15-17-28)34-32(38(46)49-5-2)33(25-11-7-6-8-12-25)41-39-42(34)36(43)31(51-39)21-24-19-29(40)35(30(20-24)47-3)50-22-23-10-9-13-27(18-23)37(44)45/h6-21,34H,4-5,22H2,1-3H3,(H,44,45)/b31-21+/t34-/m1/s1. The Labute approximate surface area is 302 Å². The fourth-order valence-corrected chi connectivity index (χ4v) is 7.01. The molecule has 0 spiro atoms. The molecule has 1 aliphatic heterocycles. The Hall–Kier alpha value is -5.65. The van der Waals surface area contributed by atoms with Crippen LogP contribution >= 0.6 is 22.9 Å². The molecule has 1 atom stereocenters. The number of aromatic carboxylic acids is 1. The summed E-state index contributed by atoms with van der Waals surface area (Å²) in [6, 6.07) is 25.5. The van der Waals surface area contributed by atoms with E-state index in [0.29, 0.717) is 55.4 Å². The van der Waals surface area contributed by atoms with Gasteiger partial charge < -0.3 is 24.1 Å². The van der Waals surface area contributed by atoms with Crippen molar-refractivity contribution in [3.63, 3.8) is 0 Å². The maximum atomic E-state index is 14.3. The first kappa shape index (κ1) is 35.2. The van der Waals surface area contributed by atoms with E-state index in [9.17, 15) is 19.5 Å². The van der Waals surface area contributed by atoms with Crippen molar-refractivity contribution in [2.24, 2.45) is 4.99 Å². The van der Waals surface area contributed by atoms with Crippen LogP contribution in [0.1, 0.15) is 52.5 Å². The molecule has 0 radical (unpaired) electrons. The smallest absolute Gasteiger partial charge is 0.338 e. The van der Waals surface area contributed by atoms with E-state index in [-0.39, 0.29) is 40.7 Å². The maximum Gasteiger partial charge on any atom is 0.338 e. The summed E-state index contributed by atoms with van der Waals surface area (Å²) < 4.78 is 24.6. The SMILES string of the molecule is CCOC(=O)C1=C(c2ccccc2)N=c2s/c(=C/c3cc(Cl)c(OCc4cccc(C(=O)O)c4)c(OC)c3)c(=O)n2[C@@H]1c1ccc(OCC)cc1. The number of carbonyl (C=O) groups excluding carboxylic acids is 1. The third-order valence-electron chi connectivity index (χ3n) is 7.99. The highest BCUT2D eigenvalue weighted by Gasteiger charge is 2.35. The van der Waals surface area contributed by atoms with E-state index >= 15 is 0 Å². The van der Waals surface area contributed by atoms with Gasteiger partial charge in [0.15, 0.2) is 16.3 Å². The van der Waals surface area contributed by atoms with E-state index in [1.54, 1.807) is 49.4 Å². The monoisotopic (exact) mass is 724 g/mol. The Balaban J connectivity index is 1.46. The summed E-state index contributed by atoms with van der Waals surface area (Å²) in [5.41, 5.74) is 3.02. The van der Waals surface area contributed by atoms with Crippen LogP contribution in [0.15, 0.2) is 106 Å². The quantitative estimate of drug-likeness (QED) is 0.149. The molecular weight excluding hydrogens is 692 g/mol. The zero-order valence-corrected chi connectivity index (χ0v) is 29.5. The summed E-state index contributed by atoms with van der Waals surface area (Å²) in [4.78, 5) is 44.8. The van der Waals surface area contributed by atoms with Crippen molar-refractivity contribution < 1.29 is 33.6 Å². The van der Waals surface area contributed by atoms with Gasteiger partial charge in [0.2, 0.25) is 0 Å². The van der Waals surface area contributed by atoms with E-state index in [2.05, 4.69) is 0 Å². The van der Waals surface area contributed by atoms with Crippen molar-refractivity contribution in [1.82, 2.24) is 4.57 Å². The predicted molar refractivity (Wildman–Crippen MR) is 194 cm³/mol. The molecule has 0 unspecified atom stereocenters. The topological polar surface area (TPSA) is 126 Å². The Bertz CT molecular complexity index is 2310. The second-order valence-corrected chi connectivity index (χ2v) is 12.7. The third-order valence-corrected chi connectivity index (χ3v) is 9.25. The van der Waals surface area contributed by atoms with Crippen LogP contribution in [-0.2, 0) is 16.1 Å². The van der Waals surface area contributed by atoms with E-state index < -0.39 is 18.0 Å². The first-order valence-corrected chi connectivity index (χ1v) is 17.3. The molecule has 0 saturated carbocycles. The highest BCUT2D eigenvalue weighted by Crippen LogP contribution is 2.38. The van der Waals surface area contributed by atoms with Gasteiger partial charge in [-0.25, -0.2) is 14.6 Å². The molecule has 4 aromatic carbocycles. The molecule has 0 saturated heterocycles. The molecule has 10 nitrogen and oxygen atoms in total. The van der Waals surface area contributed by atoms with Crippen LogP contribution in [0, 0.1) is 0 Å². The zero-order valence-electron chi connectivity index (χ0n) is 27.9. The number of benzene rings is 4. The van der Waals surface area contributed by atoms with Gasteiger partial charge in [0, 0.05) is 5.56 Å². The summed E-state index contributed by atoms with van der Waals surface area (Å²) in [7, 11) is 1.47. The van der Waals surface area contributed by atoms with Gasteiger partial charge in [-0.3, -0.25) is 9.36 Å². The molecule has 5 aromatic rings. The van der Waals surface area contributed by atoms with Crippen LogP contribution in [0.25, 0.3) is 11.8 Å². The molecule has 0 fully saturated rings. The van der Waals surface area contributed by atoms with E-state index in [4.69, 9.17) is 35.5 Å². The molecule has 260 valence electrons. The predicted octanol–water partition coefficient (Wildman–Crippen LogP) is 6.27. The first-order chi connectivity index (χ1) is 24.7. The van der Waals surface area contributed by atoms with Crippen LogP contribution < -0.4 is 29.1 Å². The van der Waals surface area contributed by atoms with Gasteiger partial charge in [-0.2, -0.15) is 0 Å². The van der Waals surface area contributed by atoms with Gasteiger partial charge in [0.1, 0.15) is 12.4 Å². The summed E-state index contributed by atoms with van der Waals surface area (Å²) in [6.07, 6.45) is 1.68. The number of esters is 1. The summed E-state index contributed by atoms with van der Waals surface area (Å²) in [5.74, 6) is -0.373. The fourth-order valence-electron chi connectivity index (χ4n) is 5.73. The molecule has 1 aromatic heterocycles. The Morgan fingerprint density at radius 2 is 1.73 bits per heavy atom. The molecule has 0 aliphatic carbocycles. The molecule has 0 bridgehead atoms. The largest absolute Gasteiger partial charge is 0.494 e. The van der Waals surface area contributed by atoms with Gasteiger partial charge in [0.05, 0.1) is 52.8 Å². The minimum absolute atomic E-state index is 0.0489. The summed E-state index contributed by atoms with van der Waals surface area (Å²) in [6.45, 7) is 4.30. The first-order valence-electron chi connectivity index (χ1n) is 16.1. The number of hydrogen-bond donors (Lipinski definition) is 1. The minimum Gasteiger partial charge on any atom is -0.494 e. The molecule has 51 heavy (non-hydrogen) atoms. The second-order valence-electron chi connectivity index (χ2n) is 11.3.